The number of ether oxygens (including phenoxy) is 2. The molecule has 4 heteroatoms. The maximum absolute atomic E-state index is 8.59. The molecule has 1 fully saturated rings. The van der Waals surface area contributed by atoms with Crippen molar-refractivity contribution in [3.8, 4) is 0 Å². The van der Waals surface area contributed by atoms with Crippen LogP contribution in [0.1, 0.15) is 33.3 Å². The van der Waals surface area contributed by atoms with Gasteiger partial charge in [-0.15, -0.1) is 12.6 Å². The van der Waals surface area contributed by atoms with Crippen LogP contribution in [0, 0.1) is 6.92 Å². The molecule has 1 aromatic carbocycles. The lowest BCUT2D eigenvalue weighted by atomic mass is 10.2. The zero-order chi connectivity index (χ0) is 14.9. The predicted octanol–water partition coefficient (Wildman–Crippen LogP) is 3.44. The van der Waals surface area contributed by atoms with Gasteiger partial charge >= 0.3 is 0 Å². The lowest BCUT2D eigenvalue weighted by molar-refractivity contribution is -0.142. The van der Waals surface area contributed by atoms with E-state index in [2.05, 4.69) is 19.6 Å². The van der Waals surface area contributed by atoms with Crippen molar-refractivity contribution < 1.29 is 14.6 Å². The van der Waals surface area contributed by atoms with Crippen LogP contribution in [0.2, 0.25) is 0 Å². The Balaban J connectivity index is 0.000000303. The molecule has 1 aliphatic rings. The van der Waals surface area contributed by atoms with Crippen LogP contribution in [-0.2, 0) is 9.47 Å². The number of thiol groups is 1. The molecule has 2 rings (SSSR count). The third-order valence-corrected chi connectivity index (χ3v) is 2.60. The second-order valence-corrected chi connectivity index (χ2v) is 4.99. The van der Waals surface area contributed by atoms with Gasteiger partial charge in [0, 0.05) is 4.90 Å². The third-order valence-electron chi connectivity index (χ3n) is 2.30. The molecule has 1 N–H and O–H groups in total. The molecular weight excluding hydrogens is 260 g/mol. The van der Waals surface area contributed by atoms with Gasteiger partial charge in [-0.2, -0.15) is 0 Å². The van der Waals surface area contributed by atoms with Gasteiger partial charge in [-0.05, 0) is 32.9 Å². The minimum atomic E-state index is -0.493. The lowest BCUT2D eigenvalue weighted by Gasteiger charge is -2.15. The molecule has 1 unspecified atom stereocenters. The molecule has 0 amide bonds. The van der Waals surface area contributed by atoms with Crippen molar-refractivity contribution in [3.05, 3.63) is 29.8 Å². The van der Waals surface area contributed by atoms with Gasteiger partial charge in [0.15, 0.2) is 5.79 Å². The molecule has 1 saturated heterocycles. The van der Waals surface area contributed by atoms with Gasteiger partial charge in [-0.1, -0.05) is 31.5 Å². The highest BCUT2D eigenvalue weighted by molar-refractivity contribution is 7.80. The van der Waals surface area contributed by atoms with E-state index in [0.29, 0.717) is 6.61 Å². The molecule has 1 aliphatic heterocycles. The van der Waals surface area contributed by atoms with Crippen LogP contribution < -0.4 is 0 Å². The van der Waals surface area contributed by atoms with Gasteiger partial charge < -0.3 is 14.6 Å². The predicted molar refractivity (Wildman–Crippen MR) is 81.8 cm³/mol. The maximum Gasteiger partial charge on any atom is 0.163 e. The first-order valence-electron chi connectivity index (χ1n) is 6.61. The molecule has 3 nitrogen and oxygen atoms in total. The van der Waals surface area contributed by atoms with Crippen molar-refractivity contribution in [3.63, 3.8) is 0 Å². The number of aryl methyl sites for hydroxylation is 1. The number of aliphatic hydroxyl groups excluding tert-OH is 1. The molecule has 110 valence electrons. The topological polar surface area (TPSA) is 38.7 Å². The van der Waals surface area contributed by atoms with Crippen molar-refractivity contribution in [1.29, 1.82) is 0 Å². The summed E-state index contributed by atoms with van der Waals surface area (Å²) in [7, 11) is 0. The van der Waals surface area contributed by atoms with Gasteiger partial charge in [0.1, 0.15) is 6.10 Å². The number of aliphatic hydroxyl groups is 1. The standard InChI is InChI=1S/C7H8S.C6H12O3.C2H6/c1-6-2-4-7(8)5-3-6;1-6(2)8-4-5(3-7)9-6;1-2/h2-5,8H,1H3;5,7H,3-4H2,1-2H3;1-2H3. The summed E-state index contributed by atoms with van der Waals surface area (Å²) >= 11 is 4.13. The largest absolute Gasteiger partial charge is 0.394 e. The van der Waals surface area contributed by atoms with Gasteiger partial charge in [-0.25, -0.2) is 0 Å². The van der Waals surface area contributed by atoms with Gasteiger partial charge in [-0.3, -0.25) is 0 Å². The molecule has 19 heavy (non-hydrogen) atoms. The summed E-state index contributed by atoms with van der Waals surface area (Å²) in [6, 6.07) is 8.06. The first kappa shape index (κ1) is 18.4. The van der Waals surface area contributed by atoms with E-state index in [1.54, 1.807) is 0 Å². The minimum Gasteiger partial charge on any atom is -0.394 e. The summed E-state index contributed by atoms with van der Waals surface area (Å²) in [5.41, 5.74) is 1.28. The Morgan fingerprint density at radius 2 is 1.79 bits per heavy atom. The van der Waals surface area contributed by atoms with Crippen LogP contribution in [0.15, 0.2) is 29.2 Å². The highest BCUT2D eigenvalue weighted by atomic mass is 32.1. The second-order valence-electron chi connectivity index (χ2n) is 4.47. The summed E-state index contributed by atoms with van der Waals surface area (Å²) in [5.74, 6) is -0.493. The fourth-order valence-corrected chi connectivity index (χ4v) is 1.55. The third kappa shape index (κ3) is 8.26. The van der Waals surface area contributed by atoms with Crippen LogP contribution in [-0.4, -0.2) is 30.2 Å². The van der Waals surface area contributed by atoms with E-state index in [0.717, 1.165) is 4.90 Å². The maximum atomic E-state index is 8.59. The number of hydrogen-bond acceptors (Lipinski definition) is 4. The van der Waals surface area contributed by atoms with E-state index in [4.69, 9.17) is 14.6 Å². The van der Waals surface area contributed by atoms with Crippen LogP contribution in [0.3, 0.4) is 0 Å². The van der Waals surface area contributed by atoms with Crippen LogP contribution in [0.4, 0.5) is 0 Å². The summed E-state index contributed by atoms with van der Waals surface area (Å²) in [6.45, 7) is 10.3. The molecule has 0 bridgehead atoms. The van der Waals surface area contributed by atoms with Crippen LogP contribution in [0.5, 0.6) is 0 Å². The Morgan fingerprint density at radius 3 is 2.05 bits per heavy atom. The Hall–Kier alpha value is -0.550. The Morgan fingerprint density at radius 1 is 1.26 bits per heavy atom. The van der Waals surface area contributed by atoms with E-state index in [-0.39, 0.29) is 12.7 Å². The van der Waals surface area contributed by atoms with Crippen molar-refractivity contribution in [2.45, 2.75) is 51.4 Å². The summed E-state index contributed by atoms with van der Waals surface area (Å²) in [6.07, 6.45) is -0.125. The number of benzene rings is 1. The van der Waals surface area contributed by atoms with Crippen molar-refractivity contribution >= 4 is 12.6 Å². The highest BCUT2D eigenvalue weighted by Crippen LogP contribution is 2.21. The fraction of sp³-hybridized carbons (Fsp3) is 0.600. The monoisotopic (exact) mass is 286 g/mol. The molecular formula is C15H26O3S. The van der Waals surface area contributed by atoms with E-state index in [1.807, 2.05) is 52.0 Å². The summed E-state index contributed by atoms with van der Waals surface area (Å²) < 4.78 is 10.4. The zero-order valence-electron chi connectivity index (χ0n) is 12.5. The molecule has 1 heterocycles. The van der Waals surface area contributed by atoms with E-state index < -0.39 is 5.79 Å². The molecule has 0 radical (unpaired) electrons. The highest BCUT2D eigenvalue weighted by Gasteiger charge is 2.31. The minimum absolute atomic E-state index is 0.0451. The Labute approximate surface area is 122 Å². The molecule has 1 atom stereocenters. The van der Waals surface area contributed by atoms with Gasteiger partial charge in [0.25, 0.3) is 0 Å². The van der Waals surface area contributed by atoms with Crippen LogP contribution in [0.25, 0.3) is 0 Å². The van der Waals surface area contributed by atoms with E-state index >= 15 is 0 Å². The van der Waals surface area contributed by atoms with Gasteiger partial charge in [0.2, 0.25) is 0 Å². The first-order chi connectivity index (χ1) is 8.93. The quantitative estimate of drug-likeness (QED) is 0.777. The normalized spacial score (nSPS) is 19.8. The van der Waals surface area contributed by atoms with Crippen LogP contribution >= 0.6 is 12.6 Å². The average Bonchev–Trinajstić information content (AvgIpc) is 2.76. The van der Waals surface area contributed by atoms with E-state index in [9.17, 15) is 0 Å². The lowest BCUT2D eigenvalue weighted by Crippen LogP contribution is -2.22. The Kier molecular flexibility index (Phi) is 9.10. The Bertz CT molecular complexity index is 315. The molecule has 0 aromatic heterocycles. The molecule has 0 saturated carbocycles. The van der Waals surface area contributed by atoms with Crippen molar-refractivity contribution in [2.75, 3.05) is 13.2 Å². The first-order valence-corrected chi connectivity index (χ1v) is 7.06. The fourth-order valence-electron chi connectivity index (χ4n) is 1.40. The van der Waals surface area contributed by atoms with Crippen molar-refractivity contribution in [2.24, 2.45) is 0 Å². The van der Waals surface area contributed by atoms with Crippen molar-refractivity contribution in [1.82, 2.24) is 0 Å². The van der Waals surface area contributed by atoms with Gasteiger partial charge in [0.05, 0.1) is 13.2 Å². The number of rotatable bonds is 1. The average molecular weight is 286 g/mol. The smallest absolute Gasteiger partial charge is 0.163 e. The van der Waals surface area contributed by atoms with E-state index in [1.165, 1.54) is 5.56 Å². The molecule has 0 aliphatic carbocycles. The molecule has 1 aromatic rings. The number of hydrogen-bond donors (Lipinski definition) is 2. The molecule has 0 spiro atoms. The summed E-state index contributed by atoms with van der Waals surface area (Å²) in [5, 5.41) is 8.59. The second kappa shape index (κ2) is 9.37. The summed E-state index contributed by atoms with van der Waals surface area (Å²) in [4.78, 5) is 1.02. The zero-order valence-corrected chi connectivity index (χ0v) is 13.4. The SMILES string of the molecule is CC.CC1(C)OCC(CO)O1.Cc1ccc(S)cc1.